The van der Waals surface area contributed by atoms with Gasteiger partial charge in [0.25, 0.3) is 5.56 Å². The molecule has 0 spiro atoms. The quantitative estimate of drug-likeness (QED) is 0.657. The minimum atomic E-state index is -0.587. The Hall–Kier alpha value is -2.55. The highest BCUT2D eigenvalue weighted by Crippen LogP contribution is 2.25. The first kappa shape index (κ1) is 15.3. The molecule has 23 heavy (non-hydrogen) atoms. The van der Waals surface area contributed by atoms with Gasteiger partial charge in [-0.25, -0.2) is 33.1 Å². The van der Waals surface area contributed by atoms with Gasteiger partial charge in [0.15, 0.2) is 5.39 Å². The Labute approximate surface area is 136 Å². The topological polar surface area (TPSA) is 91.0 Å². The van der Waals surface area contributed by atoms with E-state index in [1.54, 1.807) is 0 Å². The van der Waals surface area contributed by atoms with Gasteiger partial charge in [-0.05, 0) is 34.1 Å². The van der Waals surface area contributed by atoms with Gasteiger partial charge in [0.2, 0.25) is 5.65 Å². The van der Waals surface area contributed by atoms with Gasteiger partial charge in [-0.3, -0.25) is 4.79 Å². The number of rotatable bonds is 1. The Bertz CT molecular complexity index is 1130. The van der Waals surface area contributed by atoms with Gasteiger partial charge in [-0.15, -0.1) is 0 Å². The Kier molecular flexibility index (Phi) is 3.52. The van der Waals surface area contributed by atoms with Crippen molar-refractivity contribution in [2.45, 2.75) is 0 Å². The number of H-pyrrole nitrogens is 2. The highest BCUT2D eigenvalue weighted by molar-refractivity contribution is 9.10. The molecule has 118 valence electrons. The number of aromatic amines is 2. The highest BCUT2D eigenvalue weighted by atomic mass is 79.9. The van der Waals surface area contributed by atoms with Crippen LogP contribution in [0.2, 0.25) is 0 Å². The van der Waals surface area contributed by atoms with Crippen molar-refractivity contribution in [3.63, 3.8) is 0 Å². The second-order valence-corrected chi connectivity index (χ2v) is 5.87. The molecule has 0 saturated heterocycles. The maximum atomic E-state index is 13.4. The summed E-state index contributed by atoms with van der Waals surface area (Å²) in [5.41, 5.74) is -0.971. The van der Waals surface area contributed by atoms with Crippen molar-refractivity contribution in [1.29, 1.82) is 0 Å². The minimum absolute atomic E-state index is 0.0947. The average molecular weight is 382 g/mol. The Morgan fingerprint density at radius 1 is 1.17 bits per heavy atom. The van der Waals surface area contributed by atoms with Crippen LogP contribution in [0.4, 0.5) is 4.39 Å². The van der Waals surface area contributed by atoms with Gasteiger partial charge < -0.3 is 0 Å². The molecule has 3 rings (SSSR count). The van der Waals surface area contributed by atoms with Gasteiger partial charge in [-0.2, -0.15) is 0 Å². The lowest BCUT2D eigenvalue weighted by Crippen LogP contribution is -2.43. The summed E-state index contributed by atoms with van der Waals surface area (Å²) in [6.45, 7) is 0. The Morgan fingerprint density at radius 3 is 2.52 bits per heavy atom. The van der Waals surface area contributed by atoms with Gasteiger partial charge >= 0.3 is 11.4 Å². The predicted molar refractivity (Wildman–Crippen MR) is 84.7 cm³/mol. The zero-order chi connectivity index (χ0) is 16.9. The summed E-state index contributed by atoms with van der Waals surface area (Å²) >= 11 is 3.07. The molecule has 3 aromatic rings. The van der Waals surface area contributed by atoms with Gasteiger partial charge in [0, 0.05) is 12.6 Å². The normalized spacial score (nSPS) is 11.1. The fourth-order valence-corrected chi connectivity index (χ4v) is 2.78. The smallest absolute Gasteiger partial charge is 0.268 e. The lowest BCUT2D eigenvalue weighted by molar-refractivity contribution is -0.374. The molecule has 0 unspecified atom stereocenters. The van der Waals surface area contributed by atoms with E-state index >= 15 is 0 Å². The van der Waals surface area contributed by atoms with Gasteiger partial charge in [0.1, 0.15) is 11.5 Å². The van der Waals surface area contributed by atoms with Crippen LogP contribution in [-0.2, 0) is 14.1 Å². The van der Waals surface area contributed by atoms with Crippen LogP contribution in [0.5, 0.6) is 0 Å². The molecule has 0 amide bonds. The average Bonchev–Trinajstić information content (AvgIpc) is 2.52. The van der Waals surface area contributed by atoms with Crippen molar-refractivity contribution in [1.82, 2.24) is 14.1 Å². The van der Waals surface area contributed by atoms with Gasteiger partial charge in [-0.1, -0.05) is 0 Å². The van der Waals surface area contributed by atoms with E-state index < -0.39 is 22.8 Å². The van der Waals surface area contributed by atoms with Crippen molar-refractivity contribution >= 4 is 27.0 Å². The van der Waals surface area contributed by atoms with Crippen LogP contribution in [0.1, 0.15) is 0 Å². The maximum absolute atomic E-state index is 13.4. The Balaban J connectivity index is 2.56. The summed E-state index contributed by atoms with van der Waals surface area (Å²) in [5, 5.41) is 0.132. The van der Waals surface area contributed by atoms with Crippen LogP contribution in [0.25, 0.3) is 22.3 Å². The summed E-state index contributed by atoms with van der Waals surface area (Å²) in [7, 11) is 2.80. The van der Waals surface area contributed by atoms with Crippen molar-refractivity contribution in [2.75, 3.05) is 0 Å². The molecular weight excluding hydrogens is 371 g/mol. The lowest BCUT2D eigenvalue weighted by Gasteiger charge is -2.06. The number of aromatic nitrogens is 4. The molecule has 0 bridgehead atoms. The van der Waals surface area contributed by atoms with E-state index in [0.29, 0.717) is 5.56 Å². The van der Waals surface area contributed by atoms with Crippen LogP contribution in [-0.4, -0.2) is 14.1 Å². The number of hydrogen-bond donors (Lipinski definition) is 1. The summed E-state index contributed by atoms with van der Waals surface area (Å²) in [4.78, 5) is 41.3. The SMILES string of the molecule is Cn1c(=O)c2c(-c3ccc(F)c(Br)c3)[nH]c(=O)[nH+]c2n(C)c1=O. The number of aryl methyl sites for hydroxylation is 1. The van der Waals surface area contributed by atoms with Crippen molar-refractivity contribution in [3.05, 3.63) is 59.8 Å². The predicted octanol–water partition coefficient (Wildman–Crippen LogP) is 0.308. The maximum Gasteiger partial charge on any atom is 0.439 e. The van der Waals surface area contributed by atoms with E-state index in [-0.39, 0.29) is 21.2 Å². The molecule has 0 aliphatic heterocycles. The van der Waals surface area contributed by atoms with E-state index in [4.69, 9.17) is 0 Å². The number of hydrogen-bond acceptors (Lipinski definition) is 3. The molecule has 0 aliphatic rings. The first-order valence-electron chi connectivity index (χ1n) is 6.52. The zero-order valence-corrected chi connectivity index (χ0v) is 13.7. The summed E-state index contributed by atoms with van der Waals surface area (Å²) in [5.74, 6) is -0.469. The fraction of sp³-hybridized carbons (Fsp3) is 0.143. The first-order chi connectivity index (χ1) is 10.8. The van der Waals surface area contributed by atoms with Crippen LogP contribution in [0.3, 0.4) is 0 Å². The molecule has 2 aromatic heterocycles. The number of benzene rings is 1. The third-order valence-electron chi connectivity index (χ3n) is 3.59. The molecule has 2 N–H and O–H groups in total. The fourth-order valence-electron chi connectivity index (χ4n) is 2.40. The summed E-state index contributed by atoms with van der Waals surface area (Å²) in [6.07, 6.45) is 0. The summed E-state index contributed by atoms with van der Waals surface area (Å²) < 4.78 is 15.7. The summed E-state index contributed by atoms with van der Waals surface area (Å²) in [6, 6.07) is 4.10. The number of halogens is 2. The molecule has 0 saturated carbocycles. The minimum Gasteiger partial charge on any atom is -0.268 e. The third-order valence-corrected chi connectivity index (χ3v) is 4.20. The van der Waals surface area contributed by atoms with E-state index in [2.05, 4.69) is 25.9 Å². The van der Waals surface area contributed by atoms with E-state index in [1.165, 1.54) is 36.9 Å². The van der Waals surface area contributed by atoms with Crippen molar-refractivity contribution in [3.8, 4) is 11.3 Å². The van der Waals surface area contributed by atoms with Crippen LogP contribution in [0.15, 0.2) is 37.1 Å². The van der Waals surface area contributed by atoms with Crippen LogP contribution in [0, 0.1) is 5.82 Å². The standard InChI is InChI=1S/C14H10BrFN4O3/c1-19-11-9(12(21)20(2)14(19)23)10(17-13(22)18-11)6-3-4-8(16)7(15)5-6/h3-5H,1-2H3,(H,17,18,22)/p+1. The molecule has 9 heteroatoms. The molecule has 0 aliphatic carbocycles. The largest absolute Gasteiger partial charge is 0.439 e. The lowest BCUT2D eigenvalue weighted by atomic mass is 10.1. The molecule has 0 fully saturated rings. The van der Waals surface area contributed by atoms with E-state index in [1.807, 2.05) is 0 Å². The monoisotopic (exact) mass is 381 g/mol. The second-order valence-electron chi connectivity index (χ2n) is 5.01. The molecule has 0 radical (unpaired) electrons. The third kappa shape index (κ3) is 2.33. The first-order valence-corrected chi connectivity index (χ1v) is 7.31. The zero-order valence-electron chi connectivity index (χ0n) is 12.1. The molecule has 0 atom stereocenters. The van der Waals surface area contributed by atoms with E-state index in [0.717, 1.165) is 4.57 Å². The van der Waals surface area contributed by atoms with Crippen molar-refractivity contribution < 1.29 is 9.37 Å². The van der Waals surface area contributed by atoms with Crippen molar-refractivity contribution in [2.24, 2.45) is 14.1 Å². The molecule has 2 heterocycles. The molecule has 7 nitrogen and oxygen atoms in total. The second kappa shape index (κ2) is 5.27. The number of nitrogens with zero attached hydrogens (tertiary/aromatic N) is 2. The van der Waals surface area contributed by atoms with Crippen LogP contribution >= 0.6 is 15.9 Å². The molecule has 1 aromatic carbocycles. The highest BCUT2D eigenvalue weighted by Gasteiger charge is 2.21. The van der Waals surface area contributed by atoms with E-state index in [9.17, 15) is 18.8 Å². The Morgan fingerprint density at radius 2 is 1.87 bits per heavy atom. The molecular formula is C14H11BrFN4O3+. The number of nitrogens with one attached hydrogen (secondary N) is 2. The number of fused-ring (bicyclic) bond motifs is 1. The van der Waals surface area contributed by atoms with Gasteiger partial charge in [0.05, 0.1) is 11.5 Å². The van der Waals surface area contributed by atoms with Crippen LogP contribution < -0.4 is 21.9 Å².